The number of benzene rings is 2. The third kappa shape index (κ3) is 2.79. The summed E-state index contributed by atoms with van der Waals surface area (Å²) in [5.74, 6) is -0.0277. The second-order valence-corrected chi connectivity index (χ2v) is 4.35. The molecule has 5 nitrogen and oxygen atoms in total. The average molecular weight is 284 g/mol. The number of non-ortho nitro benzene ring substituents is 1. The molecular weight excluding hydrogens is 275 g/mol. The number of nitro groups is 1. The largest absolute Gasteiger partial charge is 0.437 e. The zero-order valence-electron chi connectivity index (χ0n) is 10.7. The molecule has 0 saturated carbocycles. The van der Waals surface area contributed by atoms with Crippen LogP contribution in [-0.4, -0.2) is 9.91 Å². The first-order valence-electron chi connectivity index (χ1n) is 6.10. The molecule has 2 aromatic carbocycles. The van der Waals surface area contributed by atoms with Gasteiger partial charge in [-0.2, -0.15) is 0 Å². The Hall–Kier alpha value is -3.02. The van der Waals surface area contributed by atoms with Crippen molar-refractivity contribution in [3.05, 3.63) is 69.9 Å². The van der Waals surface area contributed by atoms with E-state index in [-0.39, 0.29) is 11.5 Å². The van der Waals surface area contributed by atoms with Crippen LogP contribution in [-0.2, 0) is 0 Å². The number of nitrogens with zero attached hydrogens (tertiary/aromatic N) is 2. The van der Waals surface area contributed by atoms with Crippen molar-refractivity contribution >= 4 is 28.9 Å². The zero-order valence-corrected chi connectivity index (χ0v) is 10.7. The molecule has 0 aliphatic rings. The maximum absolute atomic E-state index is 13.0. The molecule has 1 heterocycles. The van der Waals surface area contributed by atoms with Gasteiger partial charge in [0.05, 0.1) is 4.92 Å². The Labute approximate surface area is 118 Å². The lowest BCUT2D eigenvalue weighted by Gasteiger charge is -1.91. The summed E-state index contributed by atoms with van der Waals surface area (Å²) in [6.45, 7) is 0. The monoisotopic (exact) mass is 284 g/mol. The van der Waals surface area contributed by atoms with Crippen LogP contribution in [0.15, 0.2) is 46.9 Å². The summed E-state index contributed by atoms with van der Waals surface area (Å²) in [5.41, 5.74) is 1.49. The normalized spacial score (nSPS) is 11.3. The van der Waals surface area contributed by atoms with Gasteiger partial charge in [0.15, 0.2) is 5.58 Å². The Morgan fingerprint density at radius 1 is 1.19 bits per heavy atom. The minimum Gasteiger partial charge on any atom is -0.437 e. The van der Waals surface area contributed by atoms with Gasteiger partial charge in [-0.1, -0.05) is 12.1 Å². The van der Waals surface area contributed by atoms with E-state index in [9.17, 15) is 14.5 Å². The van der Waals surface area contributed by atoms with Gasteiger partial charge in [0.2, 0.25) is 5.89 Å². The van der Waals surface area contributed by atoms with Crippen LogP contribution in [0.4, 0.5) is 10.1 Å². The summed E-state index contributed by atoms with van der Waals surface area (Å²) in [6, 6.07) is 10.3. The summed E-state index contributed by atoms with van der Waals surface area (Å²) in [7, 11) is 0. The van der Waals surface area contributed by atoms with Gasteiger partial charge in [-0.3, -0.25) is 10.1 Å². The highest BCUT2D eigenvalue weighted by Crippen LogP contribution is 2.22. The van der Waals surface area contributed by atoms with E-state index in [2.05, 4.69) is 4.98 Å². The third-order valence-corrected chi connectivity index (χ3v) is 2.87. The Kier molecular flexibility index (Phi) is 3.19. The van der Waals surface area contributed by atoms with Gasteiger partial charge in [-0.05, 0) is 29.8 Å². The van der Waals surface area contributed by atoms with Crippen LogP contribution >= 0.6 is 0 Å². The van der Waals surface area contributed by atoms with Gasteiger partial charge in [0.25, 0.3) is 5.69 Å². The molecule has 104 valence electrons. The predicted molar refractivity (Wildman–Crippen MR) is 76.0 cm³/mol. The van der Waals surface area contributed by atoms with E-state index in [1.54, 1.807) is 24.3 Å². The van der Waals surface area contributed by atoms with Crippen LogP contribution in [0.3, 0.4) is 0 Å². The van der Waals surface area contributed by atoms with Crippen LogP contribution in [0.25, 0.3) is 23.3 Å². The molecule has 0 saturated heterocycles. The molecule has 0 aliphatic heterocycles. The average Bonchev–Trinajstić information content (AvgIpc) is 2.87. The second kappa shape index (κ2) is 5.16. The van der Waals surface area contributed by atoms with Crippen LogP contribution in [0, 0.1) is 15.9 Å². The van der Waals surface area contributed by atoms with E-state index in [4.69, 9.17) is 4.42 Å². The van der Waals surface area contributed by atoms with E-state index in [1.807, 2.05) is 0 Å². The minimum absolute atomic E-state index is 0.0449. The third-order valence-electron chi connectivity index (χ3n) is 2.87. The topological polar surface area (TPSA) is 69.2 Å². The molecular formula is C15H9FN2O3. The van der Waals surface area contributed by atoms with Crippen LogP contribution < -0.4 is 0 Å². The predicted octanol–water partition coefficient (Wildman–Crippen LogP) is 4.05. The molecule has 0 amide bonds. The second-order valence-electron chi connectivity index (χ2n) is 4.35. The van der Waals surface area contributed by atoms with Gasteiger partial charge in [-0.15, -0.1) is 0 Å². The highest BCUT2D eigenvalue weighted by Gasteiger charge is 2.10. The number of oxazole rings is 1. The number of fused-ring (bicyclic) bond motifs is 1. The fourth-order valence-electron chi connectivity index (χ4n) is 1.90. The van der Waals surface area contributed by atoms with Crippen molar-refractivity contribution in [2.24, 2.45) is 0 Å². The van der Waals surface area contributed by atoms with Crippen LogP contribution in [0.5, 0.6) is 0 Å². The highest BCUT2D eigenvalue weighted by atomic mass is 19.1. The highest BCUT2D eigenvalue weighted by molar-refractivity contribution is 5.78. The van der Waals surface area contributed by atoms with Gasteiger partial charge < -0.3 is 4.42 Å². The van der Waals surface area contributed by atoms with Crippen molar-refractivity contribution in [1.82, 2.24) is 4.98 Å². The number of hydrogen-bond acceptors (Lipinski definition) is 4. The molecule has 0 unspecified atom stereocenters. The first kappa shape index (κ1) is 13.0. The lowest BCUT2D eigenvalue weighted by atomic mass is 10.2. The SMILES string of the molecule is O=[N+]([O-])c1ccc2oc(/C=C/c3cccc(F)c3)nc2c1. The molecule has 21 heavy (non-hydrogen) atoms. The van der Waals surface area contributed by atoms with Crippen molar-refractivity contribution in [2.45, 2.75) is 0 Å². The molecule has 0 bridgehead atoms. The minimum atomic E-state index is -0.490. The van der Waals surface area contributed by atoms with E-state index >= 15 is 0 Å². The summed E-state index contributed by atoms with van der Waals surface area (Å²) in [6.07, 6.45) is 3.24. The lowest BCUT2D eigenvalue weighted by Crippen LogP contribution is -1.86. The van der Waals surface area contributed by atoms with Crippen LogP contribution in [0.2, 0.25) is 0 Å². The van der Waals surface area contributed by atoms with Gasteiger partial charge in [-0.25, -0.2) is 9.37 Å². The van der Waals surface area contributed by atoms with Crippen molar-refractivity contribution in [3.8, 4) is 0 Å². The number of nitro benzene ring substituents is 1. The summed E-state index contributed by atoms with van der Waals surface area (Å²) in [4.78, 5) is 14.3. The number of halogens is 1. The molecule has 0 fully saturated rings. The maximum atomic E-state index is 13.0. The molecule has 1 aromatic heterocycles. The molecule has 3 rings (SSSR count). The molecule has 6 heteroatoms. The quantitative estimate of drug-likeness (QED) is 0.537. The van der Waals surface area contributed by atoms with Gasteiger partial charge >= 0.3 is 0 Å². The summed E-state index contributed by atoms with van der Waals surface area (Å²) < 4.78 is 18.5. The summed E-state index contributed by atoms with van der Waals surface area (Å²) in [5, 5.41) is 10.7. The van der Waals surface area contributed by atoms with E-state index in [1.165, 1.54) is 30.3 Å². The fourth-order valence-corrected chi connectivity index (χ4v) is 1.90. The smallest absolute Gasteiger partial charge is 0.271 e. The molecule has 0 aliphatic carbocycles. The van der Waals surface area contributed by atoms with Gasteiger partial charge in [0, 0.05) is 18.2 Å². The Balaban J connectivity index is 1.92. The number of aromatic nitrogens is 1. The fraction of sp³-hybridized carbons (Fsp3) is 0. The number of rotatable bonds is 3. The van der Waals surface area contributed by atoms with E-state index < -0.39 is 4.92 Å². The Morgan fingerprint density at radius 3 is 2.81 bits per heavy atom. The standard InChI is InChI=1S/C15H9FN2O3/c16-11-3-1-2-10(8-11)4-7-15-17-13-9-12(18(19)20)5-6-14(13)21-15/h1-9H/b7-4+. The molecule has 0 spiro atoms. The van der Waals surface area contributed by atoms with Crippen molar-refractivity contribution < 1.29 is 13.7 Å². The number of hydrogen-bond donors (Lipinski definition) is 0. The maximum Gasteiger partial charge on any atom is 0.271 e. The van der Waals surface area contributed by atoms with Crippen LogP contribution in [0.1, 0.15) is 11.5 Å². The van der Waals surface area contributed by atoms with E-state index in [0.717, 1.165) is 0 Å². The lowest BCUT2D eigenvalue weighted by molar-refractivity contribution is -0.384. The first-order chi connectivity index (χ1) is 10.1. The van der Waals surface area contributed by atoms with Crippen molar-refractivity contribution in [1.29, 1.82) is 0 Å². The Morgan fingerprint density at radius 2 is 2.05 bits per heavy atom. The summed E-state index contributed by atoms with van der Waals surface area (Å²) >= 11 is 0. The molecule has 0 radical (unpaired) electrons. The first-order valence-corrected chi connectivity index (χ1v) is 6.10. The Bertz CT molecular complexity index is 855. The molecule has 3 aromatic rings. The van der Waals surface area contributed by atoms with Gasteiger partial charge in [0.1, 0.15) is 11.3 Å². The zero-order chi connectivity index (χ0) is 14.8. The van der Waals surface area contributed by atoms with E-state index in [0.29, 0.717) is 22.6 Å². The molecule has 0 N–H and O–H groups in total. The van der Waals surface area contributed by atoms with Crippen molar-refractivity contribution in [2.75, 3.05) is 0 Å². The molecule has 0 atom stereocenters. The van der Waals surface area contributed by atoms with Crippen molar-refractivity contribution in [3.63, 3.8) is 0 Å².